The van der Waals surface area contributed by atoms with E-state index in [2.05, 4.69) is 16.5 Å². The normalized spacial score (nSPS) is 14.9. The van der Waals surface area contributed by atoms with Gasteiger partial charge < -0.3 is 10.0 Å². The van der Waals surface area contributed by atoms with Crippen molar-refractivity contribution in [3.8, 4) is 0 Å². The van der Waals surface area contributed by atoms with E-state index in [1.54, 1.807) is 12.1 Å². The minimum Gasteiger partial charge on any atom is -0.478 e. The third-order valence-electron chi connectivity index (χ3n) is 3.43. The Morgan fingerprint density at radius 1 is 1.50 bits per heavy atom. The first-order valence-corrected chi connectivity index (χ1v) is 6.96. The first-order chi connectivity index (χ1) is 9.32. The van der Waals surface area contributed by atoms with Crippen molar-refractivity contribution in [2.75, 3.05) is 11.4 Å². The van der Waals surface area contributed by atoms with E-state index < -0.39 is 5.97 Å². The zero-order valence-corrected chi connectivity index (χ0v) is 12.4. The van der Waals surface area contributed by atoms with Gasteiger partial charge in [0.15, 0.2) is 0 Å². The monoisotopic (exact) mass is 274 g/mol. The fourth-order valence-corrected chi connectivity index (χ4v) is 2.13. The quantitative estimate of drug-likeness (QED) is 0.838. The second-order valence-corrected chi connectivity index (χ2v) is 6.33. The first kappa shape index (κ1) is 14.6. The van der Waals surface area contributed by atoms with Crippen LogP contribution in [-0.2, 0) is 5.41 Å². The first-order valence-electron chi connectivity index (χ1n) is 6.96. The van der Waals surface area contributed by atoms with Gasteiger partial charge in [-0.25, -0.2) is 9.78 Å². The molecule has 0 amide bonds. The van der Waals surface area contributed by atoms with Crippen molar-refractivity contribution >= 4 is 11.8 Å². The number of carbonyl (C=O) groups is 1. The van der Waals surface area contributed by atoms with Gasteiger partial charge in [-0.1, -0.05) is 26.8 Å². The smallest absolute Gasteiger partial charge is 0.335 e. The number of rotatable bonds is 5. The van der Waals surface area contributed by atoms with Crippen LogP contribution in [0, 0.1) is 0 Å². The summed E-state index contributed by atoms with van der Waals surface area (Å²) in [5, 5.41) is 9.30. The zero-order valence-electron chi connectivity index (χ0n) is 12.4. The number of carboxylic acid groups (broad SMARTS) is 1. The minimum absolute atomic E-state index is 0.177. The lowest BCUT2D eigenvalue weighted by atomic mass is 9.90. The standard InChI is InChI=1S/C16H22N2O2/c1-5-8-18(12-6-7-12)14-10-11(15(19)20)9-13(17-14)16(2,3)4/h5,9-10,12H,1,6-8H2,2-4H3,(H,19,20). The lowest BCUT2D eigenvalue weighted by Gasteiger charge is -2.25. The van der Waals surface area contributed by atoms with Gasteiger partial charge in [-0.15, -0.1) is 6.58 Å². The van der Waals surface area contributed by atoms with Gasteiger partial charge in [-0.3, -0.25) is 0 Å². The molecule has 1 fully saturated rings. The van der Waals surface area contributed by atoms with Crippen LogP contribution < -0.4 is 4.90 Å². The molecular weight excluding hydrogens is 252 g/mol. The van der Waals surface area contributed by atoms with Crippen molar-refractivity contribution in [3.63, 3.8) is 0 Å². The van der Waals surface area contributed by atoms with Gasteiger partial charge in [0, 0.05) is 23.7 Å². The predicted molar refractivity (Wildman–Crippen MR) is 80.5 cm³/mol. The summed E-state index contributed by atoms with van der Waals surface area (Å²) in [5.41, 5.74) is 0.931. The maximum atomic E-state index is 11.3. The number of nitrogens with zero attached hydrogens (tertiary/aromatic N) is 2. The van der Waals surface area contributed by atoms with Gasteiger partial charge in [0.25, 0.3) is 0 Å². The lowest BCUT2D eigenvalue weighted by Crippen LogP contribution is -2.28. The zero-order chi connectivity index (χ0) is 14.9. The van der Waals surface area contributed by atoms with Crippen molar-refractivity contribution < 1.29 is 9.90 Å². The van der Waals surface area contributed by atoms with Crippen LogP contribution >= 0.6 is 0 Å². The van der Waals surface area contributed by atoms with Gasteiger partial charge in [0.1, 0.15) is 5.82 Å². The second kappa shape index (κ2) is 5.27. The summed E-state index contributed by atoms with van der Waals surface area (Å²) >= 11 is 0. The third kappa shape index (κ3) is 3.18. The molecule has 20 heavy (non-hydrogen) atoms. The summed E-state index contributed by atoms with van der Waals surface area (Å²) in [7, 11) is 0. The summed E-state index contributed by atoms with van der Waals surface area (Å²) < 4.78 is 0. The Hall–Kier alpha value is -1.84. The van der Waals surface area contributed by atoms with Gasteiger partial charge in [-0.2, -0.15) is 0 Å². The predicted octanol–water partition coefficient (Wildman–Crippen LogP) is 3.23. The highest BCUT2D eigenvalue weighted by Crippen LogP contribution is 2.32. The molecule has 0 aromatic carbocycles. The molecule has 1 aromatic heterocycles. The molecule has 4 heteroatoms. The Morgan fingerprint density at radius 3 is 2.60 bits per heavy atom. The number of anilines is 1. The molecule has 0 bridgehead atoms. The van der Waals surface area contributed by atoms with Crippen molar-refractivity contribution in [2.24, 2.45) is 0 Å². The number of hydrogen-bond donors (Lipinski definition) is 1. The Bertz CT molecular complexity index is 528. The number of aromatic nitrogens is 1. The van der Waals surface area contributed by atoms with E-state index in [4.69, 9.17) is 0 Å². The third-order valence-corrected chi connectivity index (χ3v) is 3.43. The molecule has 0 radical (unpaired) electrons. The molecule has 1 aliphatic carbocycles. The molecule has 1 heterocycles. The van der Waals surface area contributed by atoms with Gasteiger partial charge in [-0.05, 0) is 25.0 Å². The fourth-order valence-electron chi connectivity index (χ4n) is 2.13. The summed E-state index contributed by atoms with van der Waals surface area (Å²) in [6, 6.07) is 3.81. The van der Waals surface area contributed by atoms with Crippen molar-refractivity contribution in [2.45, 2.75) is 45.1 Å². The van der Waals surface area contributed by atoms with E-state index in [-0.39, 0.29) is 5.41 Å². The highest BCUT2D eigenvalue weighted by molar-refractivity contribution is 5.88. The van der Waals surface area contributed by atoms with Crippen LogP contribution in [0.3, 0.4) is 0 Å². The molecule has 2 rings (SSSR count). The van der Waals surface area contributed by atoms with Crippen LogP contribution in [0.4, 0.5) is 5.82 Å². The number of aromatic carboxylic acids is 1. The molecule has 0 spiro atoms. The molecule has 4 nitrogen and oxygen atoms in total. The Balaban J connectivity index is 2.47. The van der Waals surface area contributed by atoms with Crippen LogP contribution in [0.2, 0.25) is 0 Å². The Kier molecular flexibility index (Phi) is 3.84. The van der Waals surface area contributed by atoms with E-state index in [0.717, 1.165) is 24.4 Å². The Morgan fingerprint density at radius 2 is 2.15 bits per heavy atom. The molecule has 1 N–H and O–H groups in total. The van der Waals surface area contributed by atoms with Crippen LogP contribution in [0.25, 0.3) is 0 Å². The number of pyridine rings is 1. The van der Waals surface area contributed by atoms with Crippen molar-refractivity contribution in [1.29, 1.82) is 0 Å². The molecule has 1 saturated carbocycles. The molecule has 1 aliphatic rings. The number of carboxylic acids is 1. The largest absolute Gasteiger partial charge is 0.478 e. The SMILES string of the molecule is C=CCN(c1cc(C(=O)O)cc(C(C)(C)C)n1)C1CC1. The topological polar surface area (TPSA) is 53.4 Å². The maximum absolute atomic E-state index is 11.3. The average Bonchev–Trinajstić information content (AvgIpc) is 3.18. The van der Waals surface area contributed by atoms with Gasteiger partial charge in [0.2, 0.25) is 0 Å². The van der Waals surface area contributed by atoms with E-state index in [1.165, 1.54) is 0 Å². The number of hydrogen-bond acceptors (Lipinski definition) is 3. The summed E-state index contributed by atoms with van der Waals surface area (Å²) in [4.78, 5) is 18.2. The average molecular weight is 274 g/mol. The summed E-state index contributed by atoms with van der Waals surface area (Å²) in [6.07, 6.45) is 4.11. The van der Waals surface area contributed by atoms with Crippen molar-refractivity contribution in [1.82, 2.24) is 4.98 Å². The molecule has 0 atom stereocenters. The molecule has 0 aliphatic heterocycles. The van der Waals surface area contributed by atoms with Gasteiger partial charge in [0.05, 0.1) is 5.56 Å². The second-order valence-electron chi connectivity index (χ2n) is 6.33. The molecule has 108 valence electrons. The summed E-state index contributed by atoms with van der Waals surface area (Å²) in [5.74, 6) is -0.161. The summed E-state index contributed by atoms with van der Waals surface area (Å²) in [6.45, 7) is 10.6. The van der Waals surface area contributed by atoms with Crippen molar-refractivity contribution in [3.05, 3.63) is 36.0 Å². The lowest BCUT2D eigenvalue weighted by molar-refractivity contribution is 0.0696. The molecule has 0 saturated heterocycles. The minimum atomic E-state index is -0.909. The Labute approximate surface area is 120 Å². The van der Waals surface area contributed by atoms with Crippen LogP contribution in [0.1, 0.15) is 49.7 Å². The van der Waals surface area contributed by atoms with Crippen LogP contribution in [0.15, 0.2) is 24.8 Å². The van der Waals surface area contributed by atoms with E-state index >= 15 is 0 Å². The molecule has 0 unspecified atom stereocenters. The highest BCUT2D eigenvalue weighted by Gasteiger charge is 2.30. The van der Waals surface area contributed by atoms with Gasteiger partial charge >= 0.3 is 5.97 Å². The molecule has 1 aromatic rings. The van der Waals surface area contributed by atoms with E-state index in [0.29, 0.717) is 18.2 Å². The van der Waals surface area contributed by atoms with Crippen LogP contribution in [0.5, 0.6) is 0 Å². The highest BCUT2D eigenvalue weighted by atomic mass is 16.4. The van der Waals surface area contributed by atoms with Crippen LogP contribution in [-0.4, -0.2) is 28.6 Å². The molecular formula is C16H22N2O2. The van der Waals surface area contributed by atoms with E-state index in [9.17, 15) is 9.90 Å². The fraction of sp³-hybridized carbons (Fsp3) is 0.500. The maximum Gasteiger partial charge on any atom is 0.335 e. The van der Waals surface area contributed by atoms with E-state index in [1.807, 2.05) is 26.8 Å².